The molecule has 11 heteroatoms. The third-order valence-electron chi connectivity index (χ3n) is 6.25. The van der Waals surface area contributed by atoms with Gasteiger partial charge < -0.3 is 30.5 Å². The number of fused-ring (bicyclic) bond motifs is 3. The first-order valence-electron chi connectivity index (χ1n) is 11.4. The summed E-state index contributed by atoms with van der Waals surface area (Å²) in [4.78, 5) is 24.6. The summed E-state index contributed by atoms with van der Waals surface area (Å²) in [6.07, 6.45) is -3.73. The number of amides is 1. The normalized spacial score (nSPS) is 21.5. The summed E-state index contributed by atoms with van der Waals surface area (Å²) < 4.78 is 6.80. The molecule has 188 valence electrons. The summed E-state index contributed by atoms with van der Waals surface area (Å²) in [5, 5.41) is 59.6. The second-order valence-corrected chi connectivity index (χ2v) is 8.93. The number of carboxylic acids is 1. The van der Waals surface area contributed by atoms with E-state index in [4.69, 9.17) is 4.74 Å². The molecular formula is C25H26N4O7. The number of hydrogen-bond donors (Lipinski definition) is 5. The lowest BCUT2D eigenvalue weighted by molar-refractivity contribution is -0.147. The number of nitrogens with zero attached hydrogens (tertiary/aromatic N) is 3. The van der Waals surface area contributed by atoms with Crippen molar-refractivity contribution in [2.45, 2.75) is 44.2 Å². The minimum atomic E-state index is -1.77. The minimum absolute atomic E-state index is 0.114. The van der Waals surface area contributed by atoms with Gasteiger partial charge in [0.05, 0.1) is 18.7 Å². The number of nitrogens with one attached hydrogen (secondary N) is 1. The highest BCUT2D eigenvalue weighted by atomic mass is 16.5. The average Bonchev–Trinajstić information content (AvgIpc) is 3.26. The first kappa shape index (κ1) is 25.1. The first-order valence-corrected chi connectivity index (χ1v) is 11.4. The van der Waals surface area contributed by atoms with Gasteiger partial charge in [-0.3, -0.25) is 4.79 Å². The molecule has 0 unspecified atom stereocenters. The summed E-state index contributed by atoms with van der Waals surface area (Å²) in [5.41, 5.74) is 0.617. The van der Waals surface area contributed by atoms with Gasteiger partial charge in [0.25, 0.3) is 0 Å². The van der Waals surface area contributed by atoms with E-state index in [2.05, 4.69) is 16.5 Å². The van der Waals surface area contributed by atoms with Gasteiger partial charge in [-0.25, -0.2) is 9.48 Å². The van der Waals surface area contributed by atoms with Crippen LogP contribution in [-0.4, -0.2) is 73.0 Å². The lowest BCUT2D eigenvalue weighted by Gasteiger charge is -2.40. The fraction of sp³-hybridized carbons (Fsp3) is 0.360. The second-order valence-electron chi connectivity index (χ2n) is 8.93. The Bertz CT molecular complexity index is 1390. The zero-order valence-electron chi connectivity index (χ0n) is 19.6. The zero-order chi connectivity index (χ0) is 26.1. The third-order valence-corrected chi connectivity index (χ3v) is 6.25. The topological polar surface area (TPSA) is 178 Å². The van der Waals surface area contributed by atoms with Crippen molar-refractivity contribution in [2.24, 2.45) is 5.92 Å². The van der Waals surface area contributed by atoms with Crippen LogP contribution in [0, 0.1) is 17.2 Å². The van der Waals surface area contributed by atoms with Crippen molar-refractivity contribution in [3.05, 3.63) is 53.9 Å². The molecule has 11 nitrogen and oxygen atoms in total. The number of aliphatic hydroxyl groups excluding tert-OH is 3. The predicted octanol–water partition coefficient (Wildman–Crippen LogP) is 0.824. The number of aliphatic hydroxyl groups is 3. The molecule has 5 N–H and O–H groups in total. The molecule has 0 saturated carbocycles. The molecule has 2 aromatic carbocycles. The van der Waals surface area contributed by atoms with Crippen molar-refractivity contribution >= 4 is 33.6 Å². The summed E-state index contributed by atoms with van der Waals surface area (Å²) >= 11 is 0. The molecule has 0 saturated heterocycles. The maximum atomic E-state index is 12.7. The molecule has 1 amide bonds. The molecule has 1 aromatic heterocycles. The number of ether oxygens (including phenoxy) is 1. The van der Waals surface area contributed by atoms with Gasteiger partial charge in [0.15, 0.2) is 0 Å². The van der Waals surface area contributed by atoms with Gasteiger partial charge in [0.1, 0.15) is 35.6 Å². The van der Waals surface area contributed by atoms with Crippen LogP contribution in [0.4, 0.5) is 0 Å². The SMILES string of the molecule is CC(C)C(=O)N[C@H]1[C@H]([C@H](O)[C@H](O)CO)OC(C(=O)O)=C[C@@H]1n1nc2c(ccc3ccccc32)c1C#N. The largest absolute Gasteiger partial charge is 0.478 e. The van der Waals surface area contributed by atoms with E-state index >= 15 is 0 Å². The highest BCUT2D eigenvalue weighted by Gasteiger charge is 2.45. The Hall–Kier alpha value is -3.98. The van der Waals surface area contributed by atoms with Gasteiger partial charge in [0, 0.05) is 16.7 Å². The van der Waals surface area contributed by atoms with Gasteiger partial charge >= 0.3 is 5.97 Å². The van der Waals surface area contributed by atoms with Crippen LogP contribution in [0.3, 0.4) is 0 Å². The quantitative estimate of drug-likeness (QED) is 0.318. The third kappa shape index (κ3) is 4.37. The Morgan fingerprint density at radius 3 is 2.56 bits per heavy atom. The van der Waals surface area contributed by atoms with E-state index in [0.717, 1.165) is 10.8 Å². The van der Waals surface area contributed by atoms with Crippen LogP contribution in [0.2, 0.25) is 0 Å². The zero-order valence-corrected chi connectivity index (χ0v) is 19.6. The average molecular weight is 495 g/mol. The van der Waals surface area contributed by atoms with Crippen molar-refractivity contribution < 1.29 is 34.8 Å². The Labute approximate surface area is 205 Å². The first-order chi connectivity index (χ1) is 17.2. The fourth-order valence-corrected chi connectivity index (χ4v) is 4.33. The van der Waals surface area contributed by atoms with Crippen LogP contribution < -0.4 is 5.32 Å². The number of aromatic nitrogens is 2. The van der Waals surface area contributed by atoms with Gasteiger partial charge in [-0.1, -0.05) is 44.2 Å². The molecule has 3 aromatic rings. The van der Waals surface area contributed by atoms with Crippen LogP contribution in [0.1, 0.15) is 25.6 Å². The summed E-state index contributed by atoms with van der Waals surface area (Å²) in [7, 11) is 0. The van der Waals surface area contributed by atoms with E-state index in [-0.39, 0.29) is 5.69 Å². The summed E-state index contributed by atoms with van der Waals surface area (Å²) in [6, 6.07) is 10.9. The maximum Gasteiger partial charge on any atom is 0.370 e. The molecule has 5 atom stereocenters. The fourth-order valence-electron chi connectivity index (χ4n) is 4.33. The van der Waals surface area contributed by atoms with E-state index in [1.807, 2.05) is 30.3 Å². The van der Waals surface area contributed by atoms with Gasteiger partial charge in [-0.15, -0.1) is 0 Å². The minimum Gasteiger partial charge on any atom is -0.478 e. The smallest absolute Gasteiger partial charge is 0.370 e. The second kappa shape index (κ2) is 9.94. The molecule has 0 radical (unpaired) electrons. The Morgan fingerprint density at radius 1 is 1.19 bits per heavy atom. The summed E-state index contributed by atoms with van der Waals surface area (Å²) in [6.45, 7) is 2.47. The number of nitriles is 1. The number of rotatable bonds is 7. The number of carboxylic acid groups (broad SMARTS) is 1. The van der Waals surface area contributed by atoms with E-state index in [0.29, 0.717) is 10.9 Å². The molecule has 0 aliphatic carbocycles. The van der Waals surface area contributed by atoms with E-state index < -0.39 is 60.6 Å². The van der Waals surface area contributed by atoms with Crippen molar-refractivity contribution in [1.82, 2.24) is 15.1 Å². The molecule has 0 fully saturated rings. The van der Waals surface area contributed by atoms with Crippen LogP contribution in [-0.2, 0) is 14.3 Å². The molecular weight excluding hydrogens is 468 g/mol. The lowest BCUT2D eigenvalue weighted by Crippen LogP contribution is -2.59. The molecule has 0 spiro atoms. The van der Waals surface area contributed by atoms with Crippen molar-refractivity contribution in [3.8, 4) is 6.07 Å². The van der Waals surface area contributed by atoms with Crippen LogP contribution in [0.25, 0.3) is 21.7 Å². The maximum absolute atomic E-state index is 12.7. The Kier molecular flexibility index (Phi) is 6.94. The van der Waals surface area contributed by atoms with Gasteiger partial charge in [-0.05, 0) is 17.5 Å². The molecule has 36 heavy (non-hydrogen) atoms. The highest BCUT2D eigenvalue weighted by molar-refractivity contribution is 6.06. The molecule has 2 heterocycles. The highest BCUT2D eigenvalue weighted by Crippen LogP contribution is 2.34. The monoisotopic (exact) mass is 494 g/mol. The van der Waals surface area contributed by atoms with Gasteiger partial charge in [0.2, 0.25) is 11.7 Å². The van der Waals surface area contributed by atoms with Crippen LogP contribution >= 0.6 is 0 Å². The number of carbonyl (C=O) groups excluding carboxylic acids is 1. The van der Waals surface area contributed by atoms with Gasteiger partial charge in [-0.2, -0.15) is 10.4 Å². The van der Waals surface area contributed by atoms with Crippen molar-refractivity contribution in [1.29, 1.82) is 5.26 Å². The number of benzene rings is 2. The molecule has 1 aliphatic rings. The van der Waals surface area contributed by atoms with E-state index in [1.165, 1.54) is 10.8 Å². The van der Waals surface area contributed by atoms with E-state index in [9.17, 15) is 35.3 Å². The molecule has 1 aliphatic heterocycles. The lowest BCUT2D eigenvalue weighted by atomic mass is 9.91. The van der Waals surface area contributed by atoms with Crippen molar-refractivity contribution in [3.63, 3.8) is 0 Å². The number of hydrogen-bond acceptors (Lipinski definition) is 8. The predicted molar refractivity (Wildman–Crippen MR) is 127 cm³/mol. The van der Waals surface area contributed by atoms with Crippen LogP contribution in [0.15, 0.2) is 48.2 Å². The standard InChI is InChI=1S/C25H26N4O7/c1-12(2)24(33)27-21-16(9-19(25(34)35)36-23(21)22(32)18(31)11-30)29-17(10-26)15-8-7-13-5-3-4-6-14(13)20(15)28-29/h3-9,12,16,18,21-23,30-32H,11H2,1-2H3,(H,27,33)(H,34,35)/t16-,18+,21+,22+,23+/m0/s1. The Morgan fingerprint density at radius 2 is 1.92 bits per heavy atom. The summed E-state index contributed by atoms with van der Waals surface area (Å²) in [5.74, 6) is -2.92. The van der Waals surface area contributed by atoms with Crippen LogP contribution in [0.5, 0.6) is 0 Å². The Balaban J connectivity index is 1.96. The van der Waals surface area contributed by atoms with E-state index in [1.54, 1.807) is 19.9 Å². The number of aliphatic carboxylic acids is 1. The molecule has 0 bridgehead atoms. The number of carbonyl (C=O) groups is 2. The molecule has 4 rings (SSSR count). The van der Waals surface area contributed by atoms with Crippen molar-refractivity contribution in [2.75, 3.05) is 6.61 Å².